The summed E-state index contributed by atoms with van der Waals surface area (Å²) in [5.41, 5.74) is 2.15. The van der Waals surface area contributed by atoms with Gasteiger partial charge in [0.2, 0.25) is 0 Å². The molecule has 2 heterocycles. The molecular formula is C15H10N4OS. The highest BCUT2D eigenvalue weighted by molar-refractivity contribution is 7.18. The molecule has 0 atom stereocenters. The number of rotatable bonds is 2. The molecule has 21 heavy (non-hydrogen) atoms. The summed E-state index contributed by atoms with van der Waals surface area (Å²) in [6.45, 7) is 1.95. The molecule has 0 aliphatic carbocycles. The fraction of sp³-hybridized carbons (Fsp3) is 0.0667. The van der Waals surface area contributed by atoms with Crippen LogP contribution in [0.4, 0.5) is 5.69 Å². The van der Waals surface area contributed by atoms with Crippen LogP contribution < -0.4 is 5.32 Å². The summed E-state index contributed by atoms with van der Waals surface area (Å²) >= 11 is 1.61. The van der Waals surface area contributed by atoms with Gasteiger partial charge in [-0.2, -0.15) is 5.26 Å². The van der Waals surface area contributed by atoms with E-state index in [2.05, 4.69) is 15.3 Å². The van der Waals surface area contributed by atoms with E-state index in [4.69, 9.17) is 5.26 Å². The highest BCUT2D eigenvalue weighted by Crippen LogP contribution is 2.24. The standard InChI is InChI=1S/C15H10N4OS/c1-9-18-13-7-11(2-3-14(13)21-9)19-15(20)10-4-5-17-12(6-10)8-16/h2-7H,1H3,(H,19,20). The van der Waals surface area contributed by atoms with Crippen LogP contribution in [0.15, 0.2) is 36.5 Å². The SMILES string of the molecule is Cc1nc2cc(NC(=O)c3ccnc(C#N)c3)ccc2s1. The maximum Gasteiger partial charge on any atom is 0.255 e. The lowest BCUT2D eigenvalue weighted by molar-refractivity contribution is 0.102. The number of nitriles is 1. The van der Waals surface area contributed by atoms with Crippen molar-refractivity contribution in [2.24, 2.45) is 0 Å². The van der Waals surface area contributed by atoms with Gasteiger partial charge >= 0.3 is 0 Å². The van der Waals surface area contributed by atoms with Crippen molar-refractivity contribution in [3.63, 3.8) is 0 Å². The topological polar surface area (TPSA) is 78.7 Å². The third-order valence-corrected chi connectivity index (χ3v) is 3.84. The number of carbonyl (C=O) groups is 1. The zero-order valence-corrected chi connectivity index (χ0v) is 11.9. The molecule has 1 aromatic carbocycles. The van der Waals surface area contributed by atoms with Crippen LogP contribution in [0.1, 0.15) is 21.1 Å². The Hall–Kier alpha value is -2.78. The number of carbonyl (C=O) groups excluding carboxylic acids is 1. The summed E-state index contributed by atoms with van der Waals surface area (Å²) in [5, 5.41) is 12.6. The van der Waals surface area contributed by atoms with Crippen molar-refractivity contribution in [3.8, 4) is 6.07 Å². The molecule has 1 amide bonds. The number of hydrogen-bond donors (Lipinski definition) is 1. The quantitative estimate of drug-likeness (QED) is 0.787. The molecule has 0 saturated heterocycles. The molecule has 1 N–H and O–H groups in total. The predicted octanol–water partition coefficient (Wildman–Crippen LogP) is 3.12. The van der Waals surface area contributed by atoms with Crippen molar-refractivity contribution in [3.05, 3.63) is 52.8 Å². The molecule has 3 rings (SSSR count). The number of anilines is 1. The van der Waals surface area contributed by atoms with Crippen LogP contribution in [0.25, 0.3) is 10.2 Å². The zero-order chi connectivity index (χ0) is 14.8. The Kier molecular flexibility index (Phi) is 3.34. The first-order chi connectivity index (χ1) is 10.2. The van der Waals surface area contributed by atoms with Crippen LogP contribution in [-0.4, -0.2) is 15.9 Å². The van der Waals surface area contributed by atoms with Crippen LogP contribution in [-0.2, 0) is 0 Å². The van der Waals surface area contributed by atoms with Crippen LogP contribution in [0.2, 0.25) is 0 Å². The van der Waals surface area contributed by atoms with Gasteiger partial charge in [0, 0.05) is 17.4 Å². The first-order valence-corrected chi connectivity index (χ1v) is 7.02. The van der Waals surface area contributed by atoms with Crippen molar-refractivity contribution in [1.82, 2.24) is 9.97 Å². The van der Waals surface area contributed by atoms with Crippen molar-refractivity contribution in [1.29, 1.82) is 5.26 Å². The van der Waals surface area contributed by atoms with E-state index in [0.717, 1.165) is 15.2 Å². The normalized spacial score (nSPS) is 10.3. The number of benzene rings is 1. The second-order valence-corrected chi connectivity index (χ2v) is 5.65. The molecule has 0 aliphatic heterocycles. The van der Waals surface area contributed by atoms with Crippen LogP contribution >= 0.6 is 11.3 Å². The highest BCUT2D eigenvalue weighted by atomic mass is 32.1. The Morgan fingerprint density at radius 3 is 3.00 bits per heavy atom. The Labute approximate surface area is 124 Å². The lowest BCUT2D eigenvalue weighted by Crippen LogP contribution is -2.12. The summed E-state index contributed by atoms with van der Waals surface area (Å²) < 4.78 is 1.08. The number of pyridine rings is 1. The minimum Gasteiger partial charge on any atom is -0.322 e. The van der Waals surface area contributed by atoms with Crippen molar-refractivity contribution in [2.45, 2.75) is 6.92 Å². The fourth-order valence-electron chi connectivity index (χ4n) is 1.96. The van der Waals surface area contributed by atoms with E-state index >= 15 is 0 Å². The summed E-state index contributed by atoms with van der Waals surface area (Å²) in [4.78, 5) is 20.4. The summed E-state index contributed by atoms with van der Waals surface area (Å²) in [7, 11) is 0. The Balaban J connectivity index is 1.87. The molecule has 0 fully saturated rings. The van der Waals surface area contributed by atoms with Gasteiger partial charge in [0.25, 0.3) is 5.91 Å². The third kappa shape index (κ3) is 2.73. The molecule has 0 unspecified atom stereocenters. The molecular weight excluding hydrogens is 284 g/mol. The number of nitrogens with one attached hydrogen (secondary N) is 1. The third-order valence-electron chi connectivity index (χ3n) is 2.89. The Bertz CT molecular complexity index is 879. The number of nitrogens with zero attached hydrogens (tertiary/aromatic N) is 3. The van der Waals surface area contributed by atoms with Crippen molar-refractivity contribution in [2.75, 3.05) is 5.32 Å². The average Bonchev–Trinajstić information content (AvgIpc) is 2.86. The van der Waals surface area contributed by atoms with E-state index in [-0.39, 0.29) is 11.6 Å². The lowest BCUT2D eigenvalue weighted by Gasteiger charge is -2.05. The van der Waals surface area contributed by atoms with Gasteiger partial charge in [-0.25, -0.2) is 9.97 Å². The Morgan fingerprint density at radius 2 is 2.19 bits per heavy atom. The van der Waals surface area contributed by atoms with Gasteiger partial charge in [-0.05, 0) is 37.3 Å². The smallest absolute Gasteiger partial charge is 0.255 e. The number of hydrogen-bond acceptors (Lipinski definition) is 5. The molecule has 2 aromatic heterocycles. The Morgan fingerprint density at radius 1 is 1.33 bits per heavy atom. The number of aryl methyl sites for hydroxylation is 1. The number of amides is 1. The zero-order valence-electron chi connectivity index (χ0n) is 11.1. The van der Waals surface area contributed by atoms with E-state index in [9.17, 15) is 4.79 Å². The summed E-state index contributed by atoms with van der Waals surface area (Å²) in [6.07, 6.45) is 1.44. The average molecular weight is 294 g/mol. The van der Waals surface area contributed by atoms with Gasteiger partial charge in [-0.3, -0.25) is 4.79 Å². The second-order valence-electron chi connectivity index (χ2n) is 4.41. The van der Waals surface area contributed by atoms with Crippen molar-refractivity contribution >= 4 is 33.1 Å². The van der Waals surface area contributed by atoms with Gasteiger partial charge in [0.05, 0.1) is 15.2 Å². The fourth-order valence-corrected chi connectivity index (χ4v) is 2.76. The van der Waals surface area contributed by atoms with Crippen LogP contribution in [0.3, 0.4) is 0 Å². The lowest BCUT2D eigenvalue weighted by atomic mass is 10.2. The van der Waals surface area contributed by atoms with Gasteiger partial charge in [-0.15, -0.1) is 11.3 Å². The molecule has 0 bridgehead atoms. The van der Waals surface area contributed by atoms with Gasteiger partial charge < -0.3 is 5.32 Å². The van der Waals surface area contributed by atoms with Crippen LogP contribution in [0.5, 0.6) is 0 Å². The molecule has 3 aromatic rings. The summed E-state index contributed by atoms with van der Waals surface area (Å²) in [6, 6.07) is 10.6. The molecule has 5 nitrogen and oxygen atoms in total. The maximum absolute atomic E-state index is 12.2. The molecule has 0 saturated carbocycles. The van der Waals surface area contributed by atoms with Gasteiger partial charge in [0.1, 0.15) is 11.8 Å². The van der Waals surface area contributed by atoms with E-state index in [0.29, 0.717) is 11.3 Å². The van der Waals surface area contributed by atoms with E-state index in [1.54, 1.807) is 17.4 Å². The molecule has 0 aliphatic rings. The molecule has 102 valence electrons. The van der Waals surface area contributed by atoms with E-state index < -0.39 is 0 Å². The van der Waals surface area contributed by atoms with E-state index in [1.807, 2.05) is 31.2 Å². The van der Waals surface area contributed by atoms with Gasteiger partial charge in [-0.1, -0.05) is 0 Å². The first-order valence-electron chi connectivity index (χ1n) is 6.20. The highest BCUT2D eigenvalue weighted by Gasteiger charge is 2.08. The monoisotopic (exact) mass is 294 g/mol. The molecule has 0 radical (unpaired) electrons. The largest absolute Gasteiger partial charge is 0.322 e. The number of fused-ring (bicyclic) bond motifs is 1. The molecule has 0 spiro atoms. The van der Waals surface area contributed by atoms with Crippen LogP contribution in [0, 0.1) is 18.3 Å². The number of aromatic nitrogens is 2. The number of thiazole rings is 1. The second kappa shape index (κ2) is 5.31. The first kappa shape index (κ1) is 13.2. The predicted molar refractivity (Wildman–Crippen MR) is 81.3 cm³/mol. The maximum atomic E-state index is 12.2. The minimum atomic E-state index is -0.278. The summed E-state index contributed by atoms with van der Waals surface area (Å²) in [5.74, 6) is -0.278. The minimum absolute atomic E-state index is 0.216. The van der Waals surface area contributed by atoms with E-state index in [1.165, 1.54) is 12.3 Å². The van der Waals surface area contributed by atoms with Crippen molar-refractivity contribution < 1.29 is 4.79 Å². The molecule has 6 heteroatoms. The van der Waals surface area contributed by atoms with Gasteiger partial charge in [0.15, 0.2) is 0 Å².